The number of aromatic nitrogens is 5. The number of nitrogens with one attached hydrogen (secondary N) is 2. The summed E-state index contributed by atoms with van der Waals surface area (Å²) in [5.74, 6) is 3.75. The summed E-state index contributed by atoms with van der Waals surface area (Å²) >= 11 is 3.38. The summed E-state index contributed by atoms with van der Waals surface area (Å²) < 4.78 is 24.3. The van der Waals surface area contributed by atoms with Gasteiger partial charge in [-0.3, -0.25) is 9.59 Å². The number of aryl methyl sites for hydroxylation is 1. The first-order chi connectivity index (χ1) is 31.5. The smallest absolute Gasteiger partial charge is 0.471 e. The van der Waals surface area contributed by atoms with E-state index in [4.69, 9.17) is 23.4 Å². The maximum Gasteiger partial charge on any atom is 0.494 e. The molecule has 6 aromatic rings. The first kappa shape index (κ1) is 48.2. The summed E-state index contributed by atoms with van der Waals surface area (Å²) in [7, 11) is 3.90. The number of aliphatic imine (C=N–C) groups is 1. The van der Waals surface area contributed by atoms with E-state index >= 15 is 0 Å². The standard InChI is InChI=1S/C22H24N4O2.C14H18BNO3.C14H16BrN3O.CH4/c1-13-23-19-6-4-16(12-20(19)28-13)15-3-5-18-17(11-15)22(27)25-21(24-18)14-7-9-26(2)10-8-14;1-9-16-11-7-6-10(8-12(11)17-9)15-18-13(2,3)14(4,5)19-15;1-18-6-4-9(5-7-18)13-16-12-3-2-10(15)8-11(12)14(19)17-13;/h3-6,11-12,14,19-20H,7-10H2,1-2H3,(H,24,25,27);6-8H,1-5H3;2-3,8-9H,4-7H2,1H3,(H,16,17,19);1H4. The van der Waals surface area contributed by atoms with Crippen molar-refractivity contribution in [1.29, 1.82) is 0 Å². The number of H-pyrrole nitrogens is 2. The Morgan fingerprint density at radius 3 is 1.88 bits per heavy atom. The molecule has 14 nitrogen and oxygen atoms in total. The van der Waals surface area contributed by atoms with Gasteiger partial charge >= 0.3 is 7.12 Å². The van der Waals surface area contributed by atoms with Crippen LogP contribution in [0.2, 0.25) is 0 Å². The Hall–Kier alpha value is -5.26. The second-order valence-electron chi connectivity index (χ2n) is 19.2. The Labute approximate surface area is 400 Å². The number of rotatable bonds is 4. The molecular formula is C51H62BBrN8O6. The van der Waals surface area contributed by atoms with Crippen molar-refractivity contribution in [3.05, 3.63) is 121 Å². The topological polar surface area (TPSA) is 164 Å². The number of hydrogen-bond donors (Lipinski definition) is 2. The van der Waals surface area contributed by atoms with Crippen molar-refractivity contribution < 1.29 is 18.5 Å². The fourth-order valence-corrected chi connectivity index (χ4v) is 9.45. The minimum Gasteiger partial charge on any atom is -0.471 e. The molecule has 2 unspecified atom stereocenters. The lowest BCUT2D eigenvalue weighted by Crippen LogP contribution is -2.41. The molecule has 7 heterocycles. The molecule has 3 aromatic carbocycles. The fraction of sp³-hybridized carbons (Fsp3) is 0.451. The molecule has 3 fully saturated rings. The van der Waals surface area contributed by atoms with E-state index in [9.17, 15) is 9.59 Å². The van der Waals surface area contributed by atoms with Gasteiger partial charge in [-0.2, -0.15) is 0 Å². The van der Waals surface area contributed by atoms with Gasteiger partial charge < -0.3 is 38.2 Å². The van der Waals surface area contributed by atoms with Crippen LogP contribution in [0.3, 0.4) is 0 Å². The van der Waals surface area contributed by atoms with Gasteiger partial charge in [-0.15, -0.1) is 0 Å². The number of benzene rings is 3. The SMILES string of the molecule is C.CC1=NC2C=CC(c3ccc4nc(C5CCN(C)CC5)[nH]c(=O)c4c3)=CC2O1.CN1CCC(c2nc3ccc(Br)cc3c(=O)[nH]2)CC1.Cc1nc2ccc(B3OC(C)(C)C(C)(C)O3)cc2o1. The quantitative estimate of drug-likeness (QED) is 0.163. The van der Waals surface area contributed by atoms with Gasteiger partial charge in [0.25, 0.3) is 11.1 Å². The highest BCUT2D eigenvalue weighted by atomic mass is 79.9. The van der Waals surface area contributed by atoms with E-state index in [0.29, 0.717) is 28.5 Å². The summed E-state index contributed by atoms with van der Waals surface area (Å²) in [4.78, 5) is 53.7. The van der Waals surface area contributed by atoms with Crippen molar-refractivity contribution in [2.45, 2.75) is 110 Å². The molecule has 3 saturated heterocycles. The third-order valence-corrected chi connectivity index (χ3v) is 14.3. The molecule has 0 amide bonds. The summed E-state index contributed by atoms with van der Waals surface area (Å²) in [6.45, 7) is 16.1. The Morgan fingerprint density at radius 2 is 1.28 bits per heavy atom. The number of likely N-dealkylation sites (tertiary alicyclic amines) is 2. The number of piperidine rings is 2. The maximum absolute atomic E-state index is 12.8. The summed E-state index contributed by atoms with van der Waals surface area (Å²) in [5.41, 5.74) is 5.41. The van der Waals surface area contributed by atoms with Crippen LogP contribution in [-0.2, 0) is 14.0 Å². The second-order valence-corrected chi connectivity index (χ2v) is 20.1. The van der Waals surface area contributed by atoms with Crippen LogP contribution in [0.25, 0.3) is 38.5 Å². The van der Waals surface area contributed by atoms with E-state index in [1.807, 2.05) is 96.1 Å². The highest BCUT2D eigenvalue weighted by molar-refractivity contribution is 9.10. The van der Waals surface area contributed by atoms with Crippen molar-refractivity contribution in [1.82, 2.24) is 34.7 Å². The number of oxazole rings is 1. The number of nitrogens with zero attached hydrogens (tertiary/aromatic N) is 6. The monoisotopic (exact) mass is 972 g/mol. The van der Waals surface area contributed by atoms with E-state index in [-0.39, 0.29) is 49.0 Å². The van der Waals surface area contributed by atoms with Gasteiger partial charge in [-0.05, 0) is 159 Å². The van der Waals surface area contributed by atoms with Crippen LogP contribution in [0, 0.1) is 6.92 Å². The number of ether oxygens (including phenoxy) is 1. The molecule has 0 bridgehead atoms. The average Bonchev–Trinajstić information content (AvgIpc) is 3.93. The Morgan fingerprint density at radius 1 is 0.731 bits per heavy atom. The zero-order chi connectivity index (χ0) is 46.5. The summed E-state index contributed by atoms with van der Waals surface area (Å²) in [6.07, 6.45) is 10.3. The maximum atomic E-state index is 12.8. The third-order valence-electron chi connectivity index (χ3n) is 13.8. The third kappa shape index (κ3) is 10.4. The van der Waals surface area contributed by atoms with Crippen LogP contribution in [0.1, 0.15) is 103 Å². The predicted molar refractivity (Wildman–Crippen MR) is 271 cm³/mol. The van der Waals surface area contributed by atoms with Crippen LogP contribution in [-0.4, -0.2) is 111 Å². The predicted octanol–water partition coefficient (Wildman–Crippen LogP) is 8.44. The highest BCUT2D eigenvalue weighted by Crippen LogP contribution is 2.37. The van der Waals surface area contributed by atoms with E-state index in [2.05, 4.69) is 83.0 Å². The van der Waals surface area contributed by atoms with Gasteiger partial charge in [-0.1, -0.05) is 47.6 Å². The zero-order valence-corrected chi connectivity index (χ0v) is 40.6. The molecule has 5 aliphatic rings. The molecule has 0 saturated carbocycles. The van der Waals surface area contributed by atoms with Gasteiger partial charge in [0.15, 0.2) is 17.4 Å². The minimum absolute atomic E-state index is 0. The molecule has 1 aliphatic carbocycles. The van der Waals surface area contributed by atoms with Crippen molar-refractivity contribution in [3.63, 3.8) is 0 Å². The highest BCUT2D eigenvalue weighted by Gasteiger charge is 2.51. The number of halogens is 1. The lowest BCUT2D eigenvalue weighted by molar-refractivity contribution is 0.00578. The van der Waals surface area contributed by atoms with Gasteiger partial charge in [0, 0.05) is 30.2 Å². The van der Waals surface area contributed by atoms with Gasteiger partial charge in [-0.25, -0.2) is 19.9 Å². The normalized spacial score (nSPS) is 21.7. The molecule has 4 aliphatic heterocycles. The van der Waals surface area contributed by atoms with Gasteiger partial charge in [0.2, 0.25) is 0 Å². The van der Waals surface area contributed by atoms with Crippen LogP contribution in [0.5, 0.6) is 0 Å². The number of hydrogen-bond acceptors (Lipinski definition) is 12. The average molecular weight is 974 g/mol. The van der Waals surface area contributed by atoms with Gasteiger partial charge in [0.1, 0.15) is 29.3 Å². The minimum atomic E-state index is -0.361. The van der Waals surface area contributed by atoms with E-state index < -0.39 is 0 Å². The molecule has 352 valence electrons. The molecule has 2 atom stereocenters. The lowest BCUT2D eigenvalue weighted by Gasteiger charge is -2.32. The van der Waals surface area contributed by atoms with Crippen molar-refractivity contribution >= 4 is 72.9 Å². The first-order valence-electron chi connectivity index (χ1n) is 22.9. The Balaban J connectivity index is 0.000000139. The van der Waals surface area contributed by atoms with E-state index in [0.717, 1.165) is 113 Å². The first-order valence-corrected chi connectivity index (χ1v) is 23.7. The molecular weight excluding hydrogens is 911 g/mol. The van der Waals surface area contributed by atoms with Crippen LogP contribution < -0.4 is 16.6 Å². The molecule has 0 spiro atoms. The van der Waals surface area contributed by atoms with Crippen LogP contribution in [0.15, 0.2) is 96.3 Å². The Bertz CT molecular complexity index is 2980. The number of aromatic amines is 2. The summed E-state index contributed by atoms with van der Waals surface area (Å²) in [6, 6.07) is 17.5. The molecule has 2 N–H and O–H groups in total. The summed E-state index contributed by atoms with van der Waals surface area (Å²) in [5, 5.41) is 1.27. The zero-order valence-electron chi connectivity index (χ0n) is 39.0. The second kappa shape index (κ2) is 19.4. The number of fused-ring (bicyclic) bond motifs is 4. The van der Waals surface area contributed by atoms with Crippen LogP contribution >= 0.6 is 15.9 Å². The van der Waals surface area contributed by atoms with Crippen molar-refractivity contribution in [3.8, 4) is 0 Å². The molecule has 16 heteroatoms. The largest absolute Gasteiger partial charge is 0.494 e. The van der Waals surface area contributed by atoms with Crippen molar-refractivity contribution in [2.24, 2.45) is 4.99 Å². The fourth-order valence-electron chi connectivity index (χ4n) is 9.09. The molecule has 0 radical (unpaired) electrons. The molecule has 67 heavy (non-hydrogen) atoms. The van der Waals surface area contributed by atoms with Crippen LogP contribution in [0.4, 0.5) is 0 Å². The molecule has 3 aromatic heterocycles. The lowest BCUT2D eigenvalue weighted by atomic mass is 9.79. The van der Waals surface area contributed by atoms with Gasteiger partial charge in [0.05, 0.1) is 33.0 Å². The number of allylic oxidation sites excluding steroid dienone is 2. The van der Waals surface area contributed by atoms with E-state index in [1.54, 1.807) is 0 Å². The van der Waals surface area contributed by atoms with Crippen molar-refractivity contribution in [2.75, 3.05) is 40.3 Å². The van der Waals surface area contributed by atoms with E-state index in [1.165, 1.54) is 0 Å². The molecule has 11 rings (SSSR count). The Kier molecular flexibility index (Phi) is 14.0.